The number of halogens is 1. The van der Waals surface area contributed by atoms with E-state index in [1.807, 2.05) is 24.3 Å². The molecule has 0 unspecified atom stereocenters. The van der Waals surface area contributed by atoms with E-state index in [4.69, 9.17) is 16.3 Å². The summed E-state index contributed by atoms with van der Waals surface area (Å²) >= 11 is 7.68. The standard InChI is InChI=1S/C18H22ClN5O2S/c1-26-14-8-4-3-7-13(14)20-12-16(25)23-21-11-15-17(19)22-18(27-15)24-9-5-2-6-10-24/h3-4,7-8,11,20H,2,5-6,9-10,12H2,1H3,(H,23,25)/b21-11-. The van der Waals surface area contributed by atoms with Crippen LogP contribution < -0.4 is 20.4 Å². The first-order valence-electron chi connectivity index (χ1n) is 8.77. The Morgan fingerprint density at radius 3 is 2.93 bits per heavy atom. The number of nitrogens with zero attached hydrogens (tertiary/aromatic N) is 3. The van der Waals surface area contributed by atoms with Crippen LogP contribution in [0.15, 0.2) is 29.4 Å². The van der Waals surface area contributed by atoms with Crippen LogP contribution in [0.5, 0.6) is 5.75 Å². The van der Waals surface area contributed by atoms with Crippen molar-refractivity contribution < 1.29 is 9.53 Å². The van der Waals surface area contributed by atoms with Crippen LogP contribution >= 0.6 is 22.9 Å². The highest BCUT2D eigenvalue weighted by molar-refractivity contribution is 7.17. The molecule has 27 heavy (non-hydrogen) atoms. The van der Waals surface area contributed by atoms with Crippen LogP contribution in [0, 0.1) is 0 Å². The predicted molar refractivity (Wildman–Crippen MR) is 110 cm³/mol. The minimum atomic E-state index is -0.269. The van der Waals surface area contributed by atoms with Crippen LogP contribution in [-0.4, -0.2) is 43.8 Å². The number of methoxy groups -OCH3 is 1. The maximum atomic E-state index is 12.0. The van der Waals surface area contributed by atoms with Crippen molar-refractivity contribution in [2.24, 2.45) is 5.10 Å². The lowest BCUT2D eigenvalue weighted by Crippen LogP contribution is -2.29. The number of rotatable bonds is 7. The minimum Gasteiger partial charge on any atom is -0.495 e. The van der Waals surface area contributed by atoms with Crippen molar-refractivity contribution in [2.75, 3.05) is 37.0 Å². The molecule has 1 saturated heterocycles. The largest absolute Gasteiger partial charge is 0.495 e. The Kier molecular flexibility index (Phi) is 6.89. The molecule has 1 amide bonds. The molecule has 0 aliphatic carbocycles. The van der Waals surface area contributed by atoms with Crippen molar-refractivity contribution >= 4 is 45.9 Å². The number of aromatic nitrogens is 1. The number of ether oxygens (including phenoxy) is 1. The van der Waals surface area contributed by atoms with Gasteiger partial charge in [0.15, 0.2) is 10.3 Å². The molecule has 0 bridgehead atoms. The van der Waals surface area contributed by atoms with Gasteiger partial charge in [-0.1, -0.05) is 35.1 Å². The Morgan fingerprint density at radius 1 is 1.37 bits per heavy atom. The second kappa shape index (κ2) is 9.57. The third-order valence-corrected chi connectivity index (χ3v) is 5.59. The summed E-state index contributed by atoms with van der Waals surface area (Å²) in [5.41, 5.74) is 3.23. The summed E-state index contributed by atoms with van der Waals surface area (Å²) in [7, 11) is 1.59. The van der Waals surface area contributed by atoms with Gasteiger partial charge in [0.25, 0.3) is 5.91 Å². The number of piperidine rings is 1. The molecule has 0 spiro atoms. The van der Waals surface area contributed by atoms with E-state index >= 15 is 0 Å². The topological polar surface area (TPSA) is 78.8 Å². The summed E-state index contributed by atoms with van der Waals surface area (Å²) in [6.45, 7) is 2.09. The second-order valence-corrected chi connectivity index (χ2v) is 7.41. The highest BCUT2D eigenvalue weighted by Crippen LogP contribution is 2.30. The third-order valence-electron chi connectivity index (χ3n) is 4.14. The molecule has 1 aromatic heterocycles. The highest BCUT2D eigenvalue weighted by atomic mass is 35.5. The summed E-state index contributed by atoms with van der Waals surface area (Å²) in [6.07, 6.45) is 5.15. The van der Waals surface area contributed by atoms with Gasteiger partial charge in [-0.25, -0.2) is 10.4 Å². The van der Waals surface area contributed by atoms with Gasteiger partial charge in [0, 0.05) is 13.1 Å². The summed E-state index contributed by atoms with van der Waals surface area (Å²) in [6, 6.07) is 7.40. The molecule has 0 atom stereocenters. The number of benzene rings is 1. The van der Waals surface area contributed by atoms with Gasteiger partial charge in [-0.3, -0.25) is 4.79 Å². The Balaban J connectivity index is 1.51. The zero-order valence-corrected chi connectivity index (χ0v) is 16.6. The fraction of sp³-hybridized carbons (Fsp3) is 0.389. The highest BCUT2D eigenvalue weighted by Gasteiger charge is 2.16. The molecular formula is C18H22ClN5O2S. The van der Waals surface area contributed by atoms with Crippen molar-refractivity contribution in [3.05, 3.63) is 34.3 Å². The van der Waals surface area contributed by atoms with Crippen LogP contribution in [0.2, 0.25) is 5.15 Å². The second-order valence-electron chi connectivity index (χ2n) is 6.05. The van der Waals surface area contributed by atoms with E-state index in [0.29, 0.717) is 10.9 Å². The maximum absolute atomic E-state index is 12.0. The van der Waals surface area contributed by atoms with Gasteiger partial charge in [-0.05, 0) is 31.4 Å². The zero-order chi connectivity index (χ0) is 19.1. The monoisotopic (exact) mass is 407 g/mol. The van der Waals surface area contributed by atoms with Gasteiger partial charge in [-0.2, -0.15) is 5.10 Å². The van der Waals surface area contributed by atoms with Crippen LogP contribution in [0.25, 0.3) is 0 Å². The smallest absolute Gasteiger partial charge is 0.259 e. The number of nitrogens with one attached hydrogen (secondary N) is 2. The molecule has 1 aliphatic rings. The van der Waals surface area contributed by atoms with Crippen molar-refractivity contribution in [3.8, 4) is 5.75 Å². The lowest BCUT2D eigenvalue weighted by Gasteiger charge is -2.25. The van der Waals surface area contributed by atoms with Gasteiger partial charge < -0.3 is 15.0 Å². The molecule has 3 rings (SSSR count). The normalized spacial score (nSPS) is 14.4. The fourth-order valence-electron chi connectivity index (χ4n) is 2.77. The van der Waals surface area contributed by atoms with Crippen LogP contribution in [-0.2, 0) is 4.79 Å². The van der Waals surface area contributed by atoms with E-state index in [1.54, 1.807) is 7.11 Å². The third kappa shape index (κ3) is 5.33. The van der Waals surface area contributed by atoms with E-state index in [-0.39, 0.29) is 12.5 Å². The average Bonchev–Trinajstić information content (AvgIpc) is 3.08. The lowest BCUT2D eigenvalue weighted by atomic mass is 10.1. The lowest BCUT2D eigenvalue weighted by molar-refractivity contribution is -0.119. The number of hydrogen-bond acceptors (Lipinski definition) is 7. The number of amides is 1. The van der Waals surface area contributed by atoms with Crippen LogP contribution in [0.1, 0.15) is 24.1 Å². The van der Waals surface area contributed by atoms with E-state index in [0.717, 1.165) is 28.8 Å². The summed E-state index contributed by atoms with van der Waals surface area (Å²) in [5, 5.41) is 8.32. The number of para-hydroxylation sites is 2. The number of thiazole rings is 1. The first kappa shape index (κ1) is 19.4. The molecule has 2 aromatic rings. The van der Waals surface area contributed by atoms with Crippen molar-refractivity contribution in [1.29, 1.82) is 0 Å². The first-order chi connectivity index (χ1) is 13.2. The number of carbonyl (C=O) groups is 1. The van der Waals surface area contributed by atoms with Crippen LogP contribution in [0.3, 0.4) is 0 Å². The molecule has 7 nitrogen and oxygen atoms in total. The van der Waals surface area contributed by atoms with E-state index in [9.17, 15) is 4.79 Å². The molecule has 2 N–H and O–H groups in total. The Labute approximate surface area is 167 Å². The molecule has 9 heteroatoms. The van der Waals surface area contributed by atoms with Crippen LogP contribution in [0.4, 0.5) is 10.8 Å². The number of hydrogen-bond donors (Lipinski definition) is 2. The fourth-order valence-corrected chi connectivity index (χ4v) is 3.95. The molecule has 0 saturated carbocycles. The Morgan fingerprint density at radius 2 is 2.15 bits per heavy atom. The quantitative estimate of drug-likeness (QED) is 0.543. The molecule has 1 aromatic carbocycles. The zero-order valence-electron chi connectivity index (χ0n) is 15.1. The van der Waals surface area contributed by atoms with Gasteiger partial charge in [0.1, 0.15) is 5.75 Å². The maximum Gasteiger partial charge on any atom is 0.259 e. The van der Waals surface area contributed by atoms with Crippen molar-refractivity contribution in [2.45, 2.75) is 19.3 Å². The summed E-state index contributed by atoms with van der Waals surface area (Å²) in [4.78, 5) is 19.3. The SMILES string of the molecule is COc1ccccc1NCC(=O)N/N=C\c1sc(N2CCCCC2)nc1Cl. The molecule has 1 fully saturated rings. The average molecular weight is 408 g/mol. The van der Waals surface area contributed by atoms with Gasteiger partial charge in [-0.15, -0.1) is 0 Å². The molecule has 2 heterocycles. The minimum absolute atomic E-state index is 0.0766. The molecule has 1 aliphatic heterocycles. The number of hydrazone groups is 1. The van der Waals surface area contributed by atoms with E-state index in [1.165, 1.54) is 36.8 Å². The summed E-state index contributed by atoms with van der Waals surface area (Å²) in [5.74, 6) is 0.407. The van der Waals surface area contributed by atoms with Gasteiger partial charge >= 0.3 is 0 Å². The van der Waals surface area contributed by atoms with Gasteiger partial charge in [0.05, 0.1) is 30.4 Å². The molecular weight excluding hydrogens is 386 g/mol. The summed E-state index contributed by atoms with van der Waals surface area (Å²) < 4.78 is 5.23. The van der Waals surface area contributed by atoms with Crippen molar-refractivity contribution in [1.82, 2.24) is 10.4 Å². The van der Waals surface area contributed by atoms with Crippen molar-refractivity contribution in [3.63, 3.8) is 0 Å². The van der Waals surface area contributed by atoms with Gasteiger partial charge in [0.2, 0.25) is 0 Å². The molecule has 0 radical (unpaired) electrons. The Hall–Kier alpha value is -2.32. The first-order valence-corrected chi connectivity index (χ1v) is 9.97. The Bertz CT molecular complexity index is 805. The number of anilines is 2. The number of carbonyl (C=O) groups excluding carboxylic acids is 1. The predicted octanol–water partition coefficient (Wildman–Crippen LogP) is 3.36. The molecule has 144 valence electrons. The van der Waals surface area contributed by atoms with E-state index in [2.05, 4.69) is 25.7 Å². The van der Waals surface area contributed by atoms with E-state index < -0.39 is 0 Å².